The van der Waals surface area contributed by atoms with Crippen molar-refractivity contribution in [1.82, 2.24) is 5.32 Å². The van der Waals surface area contributed by atoms with Gasteiger partial charge in [0.2, 0.25) is 0 Å². The Labute approximate surface area is 120 Å². The van der Waals surface area contributed by atoms with Gasteiger partial charge in [0.1, 0.15) is 0 Å². The van der Waals surface area contributed by atoms with Crippen LogP contribution in [0.15, 0.2) is 11.6 Å². The summed E-state index contributed by atoms with van der Waals surface area (Å²) in [6.45, 7) is 5.48. The molecule has 0 saturated heterocycles. The summed E-state index contributed by atoms with van der Waals surface area (Å²) in [4.78, 5) is 22.4. The van der Waals surface area contributed by atoms with E-state index in [1.165, 1.54) is 38.2 Å². The minimum Gasteiger partial charge on any atom is -0.376 e. The molecule has 3 atom stereocenters. The lowest BCUT2D eigenvalue weighted by Gasteiger charge is -2.35. The maximum atomic E-state index is 11.4. The monoisotopic (exact) mass is 279 g/mol. The van der Waals surface area contributed by atoms with E-state index in [0.29, 0.717) is 18.1 Å². The van der Waals surface area contributed by atoms with Gasteiger partial charge in [-0.2, -0.15) is 0 Å². The van der Waals surface area contributed by atoms with Crippen molar-refractivity contribution in [1.29, 1.82) is 0 Å². The molecule has 0 aromatic heterocycles. The van der Waals surface area contributed by atoms with Gasteiger partial charge < -0.3 is 4.74 Å². The summed E-state index contributed by atoms with van der Waals surface area (Å²) in [6, 6.07) is 0. The molecule has 0 aromatic rings. The van der Waals surface area contributed by atoms with Crippen molar-refractivity contribution >= 4 is 11.8 Å². The highest BCUT2D eigenvalue weighted by Gasteiger charge is 2.29. The van der Waals surface area contributed by atoms with Crippen LogP contribution in [0.1, 0.15) is 46.0 Å². The van der Waals surface area contributed by atoms with Gasteiger partial charge in [-0.25, -0.2) is 0 Å². The zero-order valence-electron chi connectivity index (χ0n) is 12.5. The summed E-state index contributed by atoms with van der Waals surface area (Å²) in [5, 5.41) is 2.24. The second-order valence-electron chi connectivity index (χ2n) is 6.02. The highest BCUT2D eigenvalue weighted by molar-refractivity contribution is 6.16. The van der Waals surface area contributed by atoms with Crippen LogP contribution in [0.4, 0.5) is 0 Å². The molecule has 2 aliphatic rings. The fraction of sp³-hybridized carbons (Fsp3) is 0.750. The van der Waals surface area contributed by atoms with Crippen molar-refractivity contribution in [3.63, 3.8) is 0 Å². The maximum Gasteiger partial charge on any atom is 0.256 e. The molecule has 2 amide bonds. The number of imide groups is 1. The minimum atomic E-state index is -0.330. The third-order valence-corrected chi connectivity index (χ3v) is 4.77. The van der Waals surface area contributed by atoms with Gasteiger partial charge in [-0.3, -0.25) is 14.9 Å². The first-order chi connectivity index (χ1) is 9.63. The molecular weight excluding hydrogens is 254 g/mol. The molecule has 1 fully saturated rings. The van der Waals surface area contributed by atoms with E-state index < -0.39 is 0 Å². The van der Waals surface area contributed by atoms with Gasteiger partial charge in [0.05, 0.1) is 13.2 Å². The van der Waals surface area contributed by atoms with Crippen molar-refractivity contribution < 1.29 is 14.3 Å². The molecule has 1 aliphatic carbocycles. The molecule has 1 N–H and O–H groups in total. The van der Waals surface area contributed by atoms with Crippen molar-refractivity contribution in [2.24, 2.45) is 17.8 Å². The normalized spacial score (nSPS) is 30.3. The van der Waals surface area contributed by atoms with Crippen molar-refractivity contribution in [3.05, 3.63) is 11.6 Å². The zero-order valence-corrected chi connectivity index (χ0v) is 12.5. The Morgan fingerprint density at radius 2 is 2.00 bits per heavy atom. The summed E-state index contributed by atoms with van der Waals surface area (Å²) >= 11 is 0. The van der Waals surface area contributed by atoms with Gasteiger partial charge in [0.25, 0.3) is 11.8 Å². The lowest BCUT2D eigenvalue weighted by atomic mass is 9.72. The van der Waals surface area contributed by atoms with Crippen LogP contribution in [0.2, 0.25) is 0 Å². The fourth-order valence-electron chi connectivity index (χ4n) is 3.39. The third-order valence-electron chi connectivity index (χ3n) is 4.77. The van der Waals surface area contributed by atoms with E-state index in [1.807, 2.05) is 0 Å². The summed E-state index contributed by atoms with van der Waals surface area (Å²) in [7, 11) is 0. The first kappa shape index (κ1) is 15.2. The number of nitrogens with one attached hydrogen (secondary N) is 1. The first-order valence-corrected chi connectivity index (χ1v) is 7.77. The van der Waals surface area contributed by atoms with Crippen LogP contribution in [0.25, 0.3) is 0 Å². The van der Waals surface area contributed by atoms with Gasteiger partial charge in [0.15, 0.2) is 0 Å². The smallest absolute Gasteiger partial charge is 0.256 e. The number of carbonyl (C=O) groups excluding carboxylic acids is 2. The van der Waals surface area contributed by atoms with Gasteiger partial charge >= 0.3 is 0 Å². The number of amides is 2. The van der Waals surface area contributed by atoms with Crippen molar-refractivity contribution in [2.45, 2.75) is 46.0 Å². The Balaban J connectivity index is 1.77. The van der Waals surface area contributed by atoms with Crippen molar-refractivity contribution in [3.8, 4) is 0 Å². The van der Waals surface area contributed by atoms with Crippen LogP contribution in [-0.2, 0) is 14.3 Å². The summed E-state index contributed by atoms with van der Waals surface area (Å²) < 4.78 is 5.70. The molecule has 0 spiro atoms. The van der Waals surface area contributed by atoms with Crippen LogP contribution < -0.4 is 5.32 Å². The van der Waals surface area contributed by atoms with E-state index in [-0.39, 0.29) is 18.4 Å². The molecule has 20 heavy (non-hydrogen) atoms. The second kappa shape index (κ2) is 7.02. The predicted molar refractivity (Wildman–Crippen MR) is 77.0 cm³/mol. The van der Waals surface area contributed by atoms with E-state index >= 15 is 0 Å². The van der Waals surface area contributed by atoms with E-state index in [0.717, 1.165) is 11.8 Å². The Morgan fingerprint density at radius 3 is 2.60 bits per heavy atom. The summed E-state index contributed by atoms with van der Waals surface area (Å²) in [5.74, 6) is 1.57. The Bertz CT molecular complexity index is 403. The molecular formula is C16H25NO3. The lowest BCUT2D eigenvalue weighted by molar-refractivity contribution is -0.124. The number of carbonyl (C=O) groups is 2. The standard InChI is InChI=1S/C16H25NO3/c1-3-11-5-6-13(12(4-2)7-11)9-20-10-14-8-15(18)17-16(14)19/h8,11-13H,3-7,9-10H2,1-2H3,(H,17,18,19)/t11?,12?,13-/m1/s1. The molecule has 2 unspecified atom stereocenters. The highest BCUT2D eigenvalue weighted by atomic mass is 16.5. The van der Waals surface area contributed by atoms with E-state index in [2.05, 4.69) is 19.2 Å². The van der Waals surface area contributed by atoms with Gasteiger partial charge in [-0.05, 0) is 30.6 Å². The Morgan fingerprint density at radius 1 is 1.20 bits per heavy atom. The maximum absolute atomic E-state index is 11.4. The van der Waals surface area contributed by atoms with E-state index in [4.69, 9.17) is 4.74 Å². The van der Waals surface area contributed by atoms with Gasteiger partial charge in [-0.1, -0.05) is 33.1 Å². The highest BCUT2D eigenvalue weighted by Crippen LogP contribution is 2.37. The molecule has 1 saturated carbocycles. The molecule has 1 aliphatic heterocycles. The summed E-state index contributed by atoms with van der Waals surface area (Å²) in [6.07, 6.45) is 7.64. The molecule has 0 radical (unpaired) electrons. The molecule has 4 nitrogen and oxygen atoms in total. The topological polar surface area (TPSA) is 55.4 Å². The average Bonchev–Trinajstić information content (AvgIpc) is 2.77. The van der Waals surface area contributed by atoms with Crippen LogP contribution >= 0.6 is 0 Å². The minimum absolute atomic E-state index is 0.252. The quantitative estimate of drug-likeness (QED) is 0.760. The SMILES string of the molecule is CCC1CC[C@H](COCC2=CC(=O)NC2=O)C(CC)C1. The molecule has 112 valence electrons. The Kier molecular flexibility index (Phi) is 5.35. The van der Waals surface area contributed by atoms with E-state index in [9.17, 15) is 9.59 Å². The molecule has 1 heterocycles. The van der Waals surface area contributed by atoms with Crippen LogP contribution in [-0.4, -0.2) is 25.0 Å². The summed E-state index contributed by atoms with van der Waals surface area (Å²) in [5.41, 5.74) is 0.449. The zero-order chi connectivity index (χ0) is 14.5. The molecule has 2 rings (SSSR count). The van der Waals surface area contributed by atoms with Crippen molar-refractivity contribution in [2.75, 3.05) is 13.2 Å². The number of hydrogen-bond donors (Lipinski definition) is 1. The number of rotatable bonds is 6. The van der Waals surface area contributed by atoms with Crippen LogP contribution in [0.3, 0.4) is 0 Å². The van der Waals surface area contributed by atoms with Crippen LogP contribution in [0.5, 0.6) is 0 Å². The lowest BCUT2D eigenvalue weighted by Crippen LogP contribution is -2.28. The molecule has 0 bridgehead atoms. The molecule has 4 heteroatoms. The fourth-order valence-corrected chi connectivity index (χ4v) is 3.39. The van der Waals surface area contributed by atoms with Gasteiger partial charge in [0, 0.05) is 11.6 Å². The van der Waals surface area contributed by atoms with Crippen LogP contribution in [0, 0.1) is 17.8 Å². The average molecular weight is 279 g/mol. The predicted octanol–water partition coefficient (Wildman–Crippen LogP) is 2.44. The number of ether oxygens (including phenoxy) is 1. The number of hydrogen-bond acceptors (Lipinski definition) is 3. The largest absolute Gasteiger partial charge is 0.376 e. The first-order valence-electron chi connectivity index (χ1n) is 7.77. The third kappa shape index (κ3) is 3.69. The molecule has 0 aromatic carbocycles. The second-order valence-corrected chi connectivity index (χ2v) is 6.02. The van der Waals surface area contributed by atoms with E-state index in [1.54, 1.807) is 0 Å². The van der Waals surface area contributed by atoms with Gasteiger partial charge in [-0.15, -0.1) is 0 Å². The Hall–Kier alpha value is -1.16.